The molecule has 19 heavy (non-hydrogen) atoms. The number of likely N-dealkylation sites (tertiary alicyclic amines) is 1. The van der Waals surface area contributed by atoms with Crippen LogP contribution < -0.4 is 11.1 Å². The van der Waals surface area contributed by atoms with Crippen LogP contribution in [-0.4, -0.2) is 67.2 Å². The molecule has 0 spiro atoms. The second-order valence-corrected chi connectivity index (χ2v) is 4.40. The molecule has 3 amide bonds. The molecule has 2 unspecified atom stereocenters. The Kier molecular flexibility index (Phi) is 5.71. The predicted octanol–water partition coefficient (Wildman–Crippen LogP) is -2.56. The number of carbonyl (C=O) groups is 3. The van der Waals surface area contributed by atoms with Gasteiger partial charge in [0.2, 0.25) is 17.7 Å². The fraction of sp³-hybridized carbons (Fsp3) is 0.727. The van der Waals surface area contributed by atoms with Crippen molar-refractivity contribution in [3.8, 4) is 0 Å². The Morgan fingerprint density at radius 2 is 2.32 bits per heavy atom. The van der Waals surface area contributed by atoms with Gasteiger partial charge in [0, 0.05) is 26.6 Å². The highest BCUT2D eigenvalue weighted by molar-refractivity contribution is 5.89. The molecule has 0 radical (unpaired) electrons. The van der Waals surface area contributed by atoms with Gasteiger partial charge >= 0.3 is 0 Å². The summed E-state index contributed by atoms with van der Waals surface area (Å²) in [4.78, 5) is 35.5. The maximum atomic E-state index is 11.8. The van der Waals surface area contributed by atoms with Crippen LogP contribution in [0.15, 0.2) is 0 Å². The van der Waals surface area contributed by atoms with Crippen molar-refractivity contribution in [3.63, 3.8) is 0 Å². The van der Waals surface area contributed by atoms with Crippen LogP contribution in [0.4, 0.5) is 0 Å². The highest BCUT2D eigenvalue weighted by Gasteiger charge is 2.34. The van der Waals surface area contributed by atoms with E-state index in [9.17, 15) is 14.4 Å². The number of hydrogen-bond donors (Lipinski definition) is 3. The molecule has 1 heterocycles. The van der Waals surface area contributed by atoms with E-state index < -0.39 is 17.9 Å². The van der Waals surface area contributed by atoms with Gasteiger partial charge in [-0.15, -0.1) is 0 Å². The maximum Gasteiger partial charge on any atom is 0.248 e. The summed E-state index contributed by atoms with van der Waals surface area (Å²) in [6.07, 6.45) is -1.28. The zero-order chi connectivity index (χ0) is 14.4. The number of ether oxygens (including phenoxy) is 1. The first-order chi connectivity index (χ1) is 8.95. The van der Waals surface area contributed by atoms with E-state index in [0.29, 0.717) is 19.7 Å². The molecule has 0 aliphatic carbocycles. The Balaban J connectivity index is 2.38. The van der Waals surface area contributed by atoms with Gasteiger partial charge < -0.3 is 25.8 Å². The monoisotopic (exact) mass is 273 g/mol. The fourth-order valence-corrected chi connectivity index (χ4v) is 1.81. The van der Waals surface area contributed by atoms with Gasteiger partial charge in [-0.2, -0.15) is 0 Å². The first-order valence-electron chi connectivity index (χ1n) is 5.97. The largest absolute Gasteiger partial charge is 0.383 e. The molecular weight excluding hydrogens is 254 g/mol. The van der Waals surface area contributed by atoms with Gasteiger partial charge in [-0.1, -0.05) is 0 Å². The molecular formula is C11H19N3O5. The topological polar surface area (TPSA) is 122 Å². The number of nitrogens with two attached hydrogens (primary N) is 1. The quantitative estimate of drug-likeness (QED) is 0.471. The molecule has 0 saturated carbocycles. The molecule has 0 aromatic heterocycles. The number of amides is 3. The van der Waals surface area contributed by atoms with Crippen molar-refractivity contribution in [2.75, 3.05) is 33.4 Å². The van der Waals surface area contributed by atoms with Crippen molar-refractivity contribution in [3.05, 3.63) is 0 Å². The number of methoxy groups -OCH3 is 1. The van der Waals surface area contributed by atoms with Crippen LogP contribution in [0.5, 0.6) is 0 Å². The normalized spacial score (nSPS) is 20.4. The predicted molar refractivity (Wildman–Crippen MR) is 64.8 cm³/mol. The number of nitrogens with one attached hydrogen (secondary N) is 1. The molecule has 8 nitrogen and oxygen atoms in total. The molecule has 1 saturated heterocycles. The highest BCUT2D eigenvalue weighted by atomic mass is 16.5. The van der Waals surface area contributed by atoms with Gasteiger partial charge in [0.15, 0.2) is 0 Å². The number of nitrogens with zero attached hydrogens (tertiary/aromatic N) is 1. The summed E-state index contributed by atoms with van der Waals surface area (Å²) in [5.74, 6) is -1.84. The lowest BCUT2D eigenvalue weighted by atomic mass is 10.1. The van der Waals surface area contributed by atoms with Gasteiger partial charge in [-0.05, 0) is 0 Å². The van der Waals surface area contributed by atoms with Crippen LogP contribution in [0.25, 0.3) is 0 Å². The first kappa shape index (κ1) is 15.4. The van der Waals surface area contributed by atoms with E-state index in [0.717, 1.165) is 0 Å². The van der Waals surface area contributed by atoms with E-state index in [2.05, 4.69) is 5.32 Å². The highest BCUT2D eigenvalue weighted by Crippen LogP contribution is 2.17. The molecule has 0 aromatic rings. The second-order valence-electron chi connectivity index (χ2n) is 4.40. The lowest BCUT2D eigenvalue weighted by Gasteiger charge is -2.16. The number of rotatable bonds is 7. The summed E-state index contributed by atoms with van der Waals surface area (Å²) in [6.45, 7) is 0.946. The SMILES string of the molecule is COCCN1CC(C(=O)NCC(O)C(N)=O)CC1=O. The number of primary amides is 1. The van der Waals surface area contributed by atoms with Crippen LogP contribution in [0.3, 0.4) is 0 Å². The van der Waals surface area contributed by atoms with E-state index >= 15 is 0 Å². The maximum absolute atomic E-state index is 11.8. The zero-order valence-corrected chi connectivity index (χ0v) is 10.8. The van der Waals surface area contributed by atoms with E-state index in [-0.39, 0.29) is 24.8 Å². The molecule has 108 valence electrons. The van der Waals surface area contributed by atoms with Gasteiger partial charge in [0.05, 0.1) is 19.1 Å². The third kappa shape index (κ3) is 4.49. The fourth-order valence-electron chi connectivity index (χ4n) is 1.81. The van der Waals surface area contributed by atoms with Gasteiger partial charge in [0.25, 0.3) is 0 Å². The van der Waals surface area contributed by atoms with E-state index in [1.165, 1.54) is 7.11 Å². The molecule has 1 aliphatic heterocycles. The summed E-state index contributed by atoms with van der Waals surface area (Å²) in [5, 5.41) is 11.6. The standard InChI is InChI=1S/C11H19N3O5/c1-19-3-2-14-6-7(4-9(14)16)11(18)13-5-8(15)10(12)17/h7-8,15H,2-6H2,1H3,(H2,12,17)(H,13,18). The summed E-state index contributed by atoms with van der Waals surface area (Å²) >= 11 is 0. The molecule has 1 rings (SSSR count). The van der Waals surface area contributed by atoms with E-state index in [4.69, 9.17) is 15.6 Å². The van der Waals surface area contributed by atoms with Gasteiger partial charge in [-0.3, -0.25) is 14.4 Å². The zero-order valence-electron chi connectivity index (χ0n) is 10.8. The van der Waals surface area contributed by atoms with Crippen molar-refractivity contribution >= 4 is 17.7 Å². The van der Waals surface area contributed by atoms with Crippen molar-refractivity contribution in [1.29, 1.82) is 0 Å². The average molecular weight is 273 g/mol. The Morgan fingerprint density at radius 3 is 2.89 bits per heavy atom. The minimum Gasteiger partial charge on any atom is -0.383 e. The molecule has 0 bridgehead atoms. The summed E-state index contributed by atoms with van der Waals surface area (Å²) in [7, 11) is 1.54. The number of hydrogen-bond acceptors (Lipinski definition) is 5. The number of aliphatic hydroxyl groups excluding tert-OH is 1. The van der Waals surface area contributed by atoms with Crippen LogP contribution in [0, 0.1) is 5.92 Å². The van der Waals surface area contributed by atoms with Gasteiger partial charge in [0.1, 0.15) is 6.10 Å². The van der Waals surface area contributed by atoms with Crippen molar-refractivity contribution in [2.24, 2.45) is 11.7 Å². The Hall–Kier alpha value is -1.67. The Bertz CT molecular complexity index is 360. The summed E-state index contributed by atoms with van der Waals surface area (Å²) in [5.41, 5.74) is 4.86. The van der Waals surface area contributed by atoms with Crippen molar-refractivity contribution < 1.29 is 24.2 Å². The molecule has 4 N–H and O–H groups in total. The first-order valence-corrected chi connectivity index (χ1v) is 5.97. The van der Waals surface area contributed by atoms with Crippen molar-refractivity contribution in [2.45, 2.75) is 12.5 Å². The molecule has 0 aromatic carbocycles. The molecule has 2 atom stereocenters. The number of aliphatic hydroxyl groups is 1. The van der Waals surface area contributed by atoms with Crippen LogP contribution >= 0.6 is 0 Å². The minimum atomic E-state index is -1.41. The molecule has 1 aliphatic rings. The molecule has 1 fully saturated rings. The molecule has 8 heteroatoms. The third-order valence-electron chi connectivity index (χ3n) is 2.95. The van der Waals surface area contributed by atoms with Crippen molar-refractivity contribution in [1.82, 2.24) is 10.2 Å². The number of carbonyl (C=O) groups excluding carboxylic acids is 3. The van der Waals surface area contributed by atoms with E-state index in [1.54, 1.807) is 4.90 Å². The van der Waals surface area contributed by atoms with Crippen LogP contribution in [0.1, 0.15) is 6.42 Å². The average Bonchev–Trinajstić information content (AvgIpc) is 2.74. The van der Waals surface area contributed by atoms with Gasteiger partial charge in [-0.25, -0.2) is 0 Å². The van der Waals surface area contributed by atoms with Crippen LogP contribution in [-0.2, 0) is 19.1 Å². The minimum absolute atomic E-state index is 0.104. The second kappa shape index (κ2) is 7.05. The van der Waals surface area contributed by atoms with Crippen LogP contribution in [0.2, 0.25) is 0 Å². The Labute approximate surface area is 110 Å². The smallest absolute Gasteiger partial charge is 0.248 e. The van der Waals surface area contributed by atoms with E-state index in [1.807, 2.05) is 0 Å². The lowest BCUT2D eigenvalue weighted by molar-refractivity contribution is -0.130. The third-order valence-corrected chi connectivity index (χ3v) is 2.95. The summed E-state index contributed by atoms with van der Waals surface area (Å²) in [6, 6.07) is 0. The Morgan fingerprint density at radius 1 is 1.63 bits per heavy atom. The summed E-state index contributed by atoms with van der Waals surface area (Å²) < 4.78 is 4.87. The lowest BCUT2D eigenvalue weighted by Crippen LogP contribution is -2.42.